The molecule has 1 fully saturated rings. The van der Waals surface area contributed by atoms with Crippen molar-refractivity contribution in [3.8, 4) is 0 Å². The zero-order chi connectivity index (χ0) is 15.2. The van der Waals surface area contributed by atoms with Gasteiger partial charge in [-0.2, -0.15) is 0 Å². The van der Waals surface area contributed by atoms with Crippen molar-refractivity contribution in [3.05, 3.63) is 35.4 Å². The van der Waals surface area contributed by atoms with E-state index in [0.29, 0.717) is 17.9 Å². The van der Waals surface area contributed by atoms with E-state index in [4.69, 9.17) is 5.73 Å². The van der Waals surface area contributed by atoms with Crippen LogP contribution in [0.1, 0.15) is 63.5 Å². The highest BCUT2D eigenvalue weighted by Crippen LogP contribution is 2.29. The summed E-state index contributed by atoms with van der Waals surface area (Å²) in [5, 5.41) is 0. The third-order valence-electron chi connectivity index (χ3n) is 5.08. The van der Waals surface area contributed by atoms with Gasteiger partial charge in [-0.25, -0.2) is 0 Å². The molecule has 21 heavy (non-hydrogen) atoms. The van der Waals surface area contributed by atoms with Gasteiger partial charge in [0.1, 0.15) is 0 Å². The van der Waals surface area contributed by atoms with E-state index in [1.807, 2.05) is 0 Å². The monoisotopic (exact) mass is 288 g/mol. The quantitative estimate of drug-likeness (QED) is 0.852. The van der Waals surface area contributed by atoms with E-state index in [1.54, 1.807) is 0 Å². The highest BCUT2D eigenvalue weighted by Gasteiger charge is 2.28. The van der Waals surface area contributed by atoms with Crippen molar-refractivity contribution in [1.82, 2.24) is 4.90 Å². The Balaban J connectivity index is 2.03. The second-order valence-corrected chi connectivity index (χ2v) is 6.81. The van der Waals surface area contributed by atoms with Gasteiger partial charge in [-0.1, -0.05) is 57.9 Å². The summed E-state index contributed by atoms with van der Waals surface area (Å²) in [6.45, 7) is 9.81. The Bertz CT molecular complexity index is 410. The van der Waals surface area contributed by atoms with Crippen LogP contribution >= 0.6 is 0 Å². The SMILES string of the molecule is CCN(Cc1ccc(C(C)C)cc1)C1CCCCC1CN. The topological polar surface area (TPSA) is 29.3 Å². The first-order valence-electron chi connectivity index (χ1n) is 8.68. The van der Waals surface area contributed by atoms with E-state index in [-0.39, 0.29) is 0 Å². The van der Waals surface area contributed by atoms with Gasteiger partial charge in [0.25, 0.3) is 0 Å². The maximum atomic E-state index is 6.01. The van der Waals surface area contributed by atoms with Crippen LogP contribution in [0, 0.1) is 5.92 Å². The maximum Gasteiger partial charge on any atom is 0.0236 e. The molecule has 2 unspecified atom stereocenters. The smallest absolute Gasteiger partial charge is 0.0236 e. The van der Waals surface area contributed by atoms with Crippen LogP contribution < -0.4 is 5.73 Å². The number of hydrogen-bond acceptors (Lipinski definition) is 2. The summed E-state index contributed by atoms with van der Waals surface area (Å²) in [7, 11) is 0. The fourth-order valence-corrected chi connectivity index (χ4v) is 3.65. The van der Waals surface area contributed by atoms with Gasteiger partial charge in [0.2, 0.25) is 0 Å². The normalized spacial score (nSPS) is 23.0. The maximum absolute atomic E-state index is 6.01. The Kier molecular flexibility index (Phi) is 6.25. The zero-order valence-corrected chi connectivity index (χ0v) is 14.0. The molecule has 2 nitrogen and oxygen atoms in total. The van der Waals surface area contributed by atoms with Crippen molar-refractivity contribution in [1.29, 1.82) is 0 Å². The Hall–Kier alpha value is -0.860. The van der Waals surface area contributed by atoms with E-state index in [9.17, 15) is 0 Å². The molecular weight excluding hydrogens is 256 g/mol. The molecule has 0 radical (unpaired) electrons. The lowest BCUT2D eigenvalue weighted by Crippen LogP contribution is -2.44. The van der Waals surface area contributed by atoms with Crippen LogP contribution in [-0.2, 0) is 6.54 Å². The van der Waals surface area contributed by atoms with Crippen LogP contribution in [0.25, 0.3) is 0 Å². The lowest BCUT2D eigenvalue weighted by atomic mass is 9.83. The number of rotatable bonds is 6. The lowest BCUT2D eigenvalue weighted by molar-refractivity contribution is 0.105. The summed E-state index contributed by atoms with van der Waals surface area (Å²) in [6.07, 6.45) is 5.35. The Morgan fingerprint density at radius 3 is 2.38 bits per heavy atom. The molecule has 0 heterocycles. The van der Waals surface area contributed by atoms with Crippen LogP contribution in [0.3, 0.4) is 0 Å². The fraction of sp³-hybridized carbons (Fsp3) is 0.684. The first-order chi connectivity index (χ1) is 10.2. The van der Waals surface area contributed by atoms with E-state index in [1.165, 1.54) is 36.8 Å². The van der Waals surface area contributed by atoms with Gasteiger partial charge in [0.05, 0.1) is 0 Å². The summed E-state index contributed by atoms with van der Waals surface area (Å²) in [6, 6.07) is 9.86. The molecule has 2 N–H and O–H groups in total. The van der Waals surface area contributed by atoms with Gasteiger partial charge in [-0.3, -0.25) is 4.90 Å². The van der Waals surface area contributed by atoms with Crippen molar-refractivity contribution in [2.75, 3.05) is 13.1 Å². The third-order valence-corrected chi connectivity index (χ3v) is 5.08. The van der Waals surface area contributed by atoms with E-state index in [2.05, 4.69) is 49.9 Å². The fourth-order valence-electron chi connectivity index (χ4n) is 3.65. The van der Waals surface area contributed by atoms with E-state index in [0.717, 1.165) is 19.6 Å². The average Bonchev–Trinajstić information content (AvgIpc) is 2.53. The first-order valence-corrected chi connectivity index (χ1v) is 8.68. The molecule has 2 atom stereocenters. The number of nitrogens with zero attached hydrogens (tertiary/aromatic N) is 1. The summed E-state index contributed by atoms with van der Waals surface area (Å²) in [5.74, 6) is 1.30. The minimum absolute atomic E-state index is 0.612. The molecule has 1 aliphatic carbocycles. The second-order valence-electron chi connectivity index (χ2n) is 6.81. The highest BCUT2D eigenvalue weighted by atomic mass is 15.2. The van der Waals surface area contributed by atoms with Gasteiger partial charge in [0, 0.05) is 12.6 Å². The van der Waals surface area contributed by atoms with E-state index >= 15 is 0 Å². The molecule has 1 aromatic rings. The molecule has 2 heteroatoms. The molecule has 118 valence electrons. The van der Waals surface area contributed by atoms with Crippen LogP contribution in [0.2, 0.25) is 0 Å². The summed E-state index contributed by atoms with van der Waals surface area (Å²) >= 11 is 0. The van der Waals surface area contributed by atoms with Crippen LogP contribution in [0.4, 0.5) is 0 Å². The summed E-state index contributed by atoms with van der Waals surface area (Å²) < 4.78 is 0. The molecular formula is C19H32N2. The van der Waals surface area contributed by atoms with Crippen molar-refractivity contribution in [3.63, 3.8) is 0 Å². The van der Waals surface area contributed by atoms with Crippen molar-refractivity contribution in [2.45, 2.75) is 65.0 Å². The van der Waals surface area contributed by atoms with Crippen LogP contribution in [0.5, 0.6) is 0 Å². The minimum Gasteiger partial charge on any atom is -0.330 e. The molecule has 0 aromatic heterocycles. The number of nitrogens with two attached hydrogens (primary N) is 1. The number of benzene rings is 1. The predicted octanol–water partition coefficient (Wildman–Crippen LogP) is 4.15. The molecule has 0 spiro atoms. The molecule has 1 aromatic carbocycles. The molecule has 1 saturated carbocycles. The first kappa shape index (κ1) is 16.5. The second kappa shape index (κ2) is 7.95. The molecule has 0 bridgehead atoms. The lowest BCUT2D eigenvalue weighted by Gasteiger charge is -2.39. The summed E-state index contributed by atoms with van der Waals surface area (Å²) in [5.41, 5.74) is 8.87. The van der Waals surface area contributed by atoms with Crippen molar-refractivity contribution >= 4 is 0 Å². The minimum atomic E-state index is 0.612. The number of hydrogen-bond donors (Lipinski definition) is 1. The molecule has 0 aliphatic heterocycles. The average molecular weight is 288 g/mol. The molecule has 0 saturated heterocycles. The molecule has 0 amide bonds. The predicted molar refractivity (Wildman–Crippen MR) is 91.4 cm³/mol. The van der Waals surface area contributed by atoms with Gasteiger partial charge in [-0.05, 0) is 48.9 Å². The van der Waals surface area contributed by atoms with Crippen LogP contribution in [-0.4, -0.2) is 24.0 Å². The van der Waals surface area contributed by atoms with Gasteiger partial charge in [-0.15, -0.1) is 0 Å². The van der Waals surface area contributed by atoms with Gasteiger partial charge < -0.3 is 5.73 Å². The Labute approximate surface area is 130 Å². The molecule has 1 aliphatic rings. The zero-order valence-electron chi connectivity index (χ0n) is 14.0. The largest absolute Gasteiger partial charge is 0.330 e. The highest BCUT2D eigenvalue weighted by molar-refractivity contribution is 5.24. The Morgan fingerprint density at radius 2 is 1.81 bits per heavy atom. The van der Waals surface area contributed by atoms with Crippen molar-refractivity contribution in [2.24, 2.45) is 11.7 Å². The molecule has 2 rings (SSSR count). The third kappa shape index (κ3) is 4.31. The van der Waals surface area contributed by atoms with E-state index < -0.39 is 0 Å². The van der Waals surface area contributed by atoms with Gasteiger partial charge >= 0.3 is 0 Å². The van der Waals surface area contributed by atoms with Gasteiger partial charge in [0.15, 0.2) is 0 Å². The van der Waals surface area contributed by atoms with Crippen LogP contribution in [0.15, 0.2) is 24.3 Å². The Morgan fingerprint density at radius 1 is 1.14 bits per heavy atom. The summed E-state index contributed by atoms with van der Waals surface area (Å²) in [4.78, 5) is 2.64. The van der Waals surface area contributed by atoms with Crippen molar-refractivity contribution < 1.29 is 0 Å². The standard InChI is InChI=1S/C19H32N2/c1-4-21(19-8-6-5-7-18(19)13-20)14-16-9-11-17(12-10-16)15(2)3/h9-12,15,18-19H,4-8,13-14,20H2,1-3H3.